The highest BCUT2D eigenvalue weighted by atomic mass is 32.1. The first kappa shape index (κ1) is 18.7. The Hall–Kier alpha value is -2.08. The lowest BCUT2D eigenvalue weighted by Gasteiger charge is -2.36. The number of methoxy groups -OCH3 is 1. The summed E-state index contributed by atoms with van der Waals surface area (Å²) in [5.41, 5.74) is 1.50. The second-order valence-corrected chi connectivity index (χ2v) is 7.22. The molecule has 140 valence electrons. The monoisotopic (exact) mass is 373 g/mol. The number of hydrogen-bond donors (Lipinski definition) is 2. The van der Waals surface area contributed by atoms with Gasteiger partial charge in [0, 0.05) is 29.1 Å². The van der Waals surface area contributed by atoms with Gasteiger partial charge in [0.2, 0.25) is 0 Å². The molecule has 1 saturated carbocycles. The van der Waals surface area contributed by atoms with E-state index in [1.807, 2.05) is 31.2 Å². The average molecular weight is 374 g/mol. The van der Waals surface area contributed by atoms with Gasteiger partial charge in [0.1, 0.15) is 5.75 Å². The van der Waals surface area contributed by atoms with E-state index in [-0.39, 0.29) is 5.56 Å². The van der Waals surface area contributed by atoms with Crippen molar-refractivity contribution in [2.24, 2.45) is 0 Å². The summed E-state index contributed by atoms with van der Waals surface area (Å²) in [5, 5.41) is 4.97. The van der Waals surface area contributed by atoms with Gasteiger partial charge in [0.15, 0.2) is 5.11 Å². The molecule has 1 fully saturated rings. The van der Waals surface area contributed by atoms with Gasteiger partial charge in [-0.1, -0.05) is 19.3 Å². The Bertz CT molecular complexity index is 827. The Morgan fingerprint density at radius 2 is 2.08 bits per heavy atom. The Labute approximate surface area is 159 Å². The molecular weight excluding hydrogens is 346 g/mol. The van der Waals surface area contributed by atoms with E-state index in [0.717, 1.165) is 46.7 Å². The van der Waals surface area contributed by atoms with Crippen LogP contribution in [-0.2, 0) is 6.54 Å². The fourth-order valence-electron chi connectivity index (χ4n) is 3.67. The van der Waals surface area contributed by atoms with E-state index < -0.39 is 0 Å². The number of aromatic amines is 1. The van der Waals surface area contributed by atoms with E-state index in [1.165, 1.54) is 19.3 Å². The first-order valence-corrected chi connectivity index (χ1v) is 9.77. The van der Waals surface area contributed by atoms with Crippen molar-refractivity contribution in [2.45, 2.75) is 51.6 Å². The van der Waals surface area contributed by atoms with Gasteiger partial charge in [-0.3, -0.25) is 4.79 Å². The summed E-state index contributed by atoms with van der Waals surface area (Å²) in [5.74, 6) is 0.780. The van der Waals surface area contributed by atoms with Crippen molar-refractivity contribution in [3.63, 3.8) is 0 Å². The lowest BCUT2D eigenvalue weighted by molar-refractivity contribution is 0.235. The summed E-state index contributed by atoms with van der Waals surface area (Å²) < 4.78 is 5.31. The average Bonchev–Trinajstić information content (AvgIpc) is 2.66. The zero-order valence-corrected chi connectivity index (χ0v) is 16.3. The molecule has 26 heavy (non-hydrogen) atoms. The predicted molar refractivity (Wildman–Crippen MR) is 110 cm³/mol. The minimum absolute atomic E-state index is 0.0530. The molecule has 0 aliphatic heterocycles. The molecule has 2 N–H and O–H groups in total. The van der Waals surface area contributed by atoms with Crippen LogP contribution in [-0.4, -0.2) is 34.7 Å². The number of nitrogens with zero attached hydrogens (tertiary/aromatic N) is 1. The summed E-state index contributed by atoms with van der Waals surface area (Å²) in [7, 11) is 1.65. The normalized spacial score (nSPS) is 15.0. The summed E-state index contributed by atoms with van der Waals surface area (Å²) in [6, 6.07) is 8.04. The maximum Gasteiger partial charge on any atom is 0.253 e. The summed E-state index contributed by atoms with van der Waals surface area (Å²) in [6.07, 6.45) is 5.99. The second-order valence-electron chi connectivity index (χ2n) is 6.83. The molecule has 1 aliphatic carbocycles. The molecule has 0 bridgehead atoms. The molecule has 0 saturated heterocycles. The van der Waals surface area contributed by atoms with E-state index >= 15 is 0 Å². The van der Waals surface area contributed by atoms with Crippen molar-refractivity contribution in [1.29, 1.82) is 0 Å². The molecule has 0 radical (unpaired) electrons. The molecule has 1 aliphatic rings. The molecular formula is C20H27N3O2S. The smallest absolute Gasteiger partial charge is 0.253 e. The van der Waals surface area contributed by atoms with Gasteiger partial charge in [-0.25, -0.2) is 0 Å². The minimum atomic E-state index is -0.0530. The second kappa shape index (κ2) is 8.54. The van der Waals surface area contributed by atoms with Gasteiger partial charge in [-0.15, -0.1) is 0 Å². The first-order valence-electron chi connectivity index (χ1n) is 9.36. The van der Waals surface area contributed by atoms with E-state index in [2.05, 4.69) is 15.2 Å². The summed E-state index contributed by atoms with van der Waals surface area (Å²) in [4.78, 5) is 17.8. The number of fused-ring (bicyclic) bond motifs is 1. The highest BCUT2D eigenvalue weighted by Crippen LogP contribution is 2.25. The van der Waals surface area contributed by atoms with Crippen molar-refractivity contribution in [2.75, 3.05) is 13.7 Å². The number of benzene rings is 1. The van der Waals surface area contributed by atoms with Crippen LogP contribution in [0.3, 0.4) is 0 Å². The van der Waals surface area contributed by atoms with Crippen molar-refractivity contribution >= 4 is 28.2 Å². The standard InChI is InChI=1S/C20H27N3O2S/c1-3-21-20(26)23(16-7-5-4-6-8-16)13-15-11-14-12-17(25-2)9-10-18(14)22-19(15)24/h9-12,16H,3-8,13H2,1-2H3,(H,21,26)(H,22,24). The van der Waals surface area contributed by atoms with E-state index in [4.69, 9.17) is 17.0 Å². The molecule has 1 aromatic heterocycles. The number of H-pyrrole nitrogens is 1. The topological polar surface area (TPSA) is 57.4 Å². The molecule has 1 heterocycles. The van der Waals surface area contributed by atoms with Crippen LogP contribution in [0.25, 0.3) is 10.9 Å². The quantitative estimate of drug-likeness (QED) is 0.785. The van der Waals surface area contributed by atoms with Crippen LogP contribution in [0.1, 0.15) is 44.6 Å². The number of ether oxygens (including phenoxy) is 1. The number of rotatable bonds is 5. The minimum Gasteiger partial charge on any atom is -0.497 e. The number of hydrogen-bond acceptors (Lipinski definition) is 3. The number of thiocarbonyl (C=S) groups is 1. The maximum absolute atomic E-state index is 12.6. The van der Waals surface area contributed by atoms with Gasteiger partial charge < -0.3 is 19.9 Å². The summed E-state index contributed by atoms with van der Waals surface area (Å²) >= 11 is 5.62. The van der Waals surface area contributed by atoms with Crippen molar-refractivity contribution < 1.29 is 4.74 Å². The van der Waals surface area contributed by atoms with Crippen molar-refractivity contribution in [3.05, 3.63) is 40.2 Å². The summed E-state index contributed by atoms with van der Waals surface area (Å²) in [6.45, 7) is 3.35. The van der Waals surface area contributed by atoms with Crippen LogP contribution in [0.15, 0.2) is 29.1 Å². The number of aromatic nitrogens is 1. The van der Waals surface area contributed by atoms with Gasteiger partial charge >= 0.3 is 0 Å². The molecule has 5 nitrogen and oxygen atoms in total. The van der Waals surface area contributed by atoms with E-state index in [9.17, 15) is 4.79 Å². The third kappa shape index (κ3) is 4.18. The van der Waals surface area contributed by atoms with Crippen molar-refractivity contribution in [3.8, 4) is 5.75 Å². The van der Waals surface area contributed by atoms with E-state index in [0.29, 0.717) is 12.6 Å². The lowest BCUT2D eigenvalue weighted by Crippen LogP contribution is -2.47. The molecule has 0 unspecified atom stereocenters. The van der Waals surface area contributed by atoms with Gasteiger partial charge in [-0.05, 0) is 56.2 Å². The van der Waals surface area contributed by atoms with Crippen molar-refractivity contribution in [1.82, 2.24) is 15.2 Å². The van der Waals surface area contributed by atoms with Crippen LogP contribution in [0, 0.1) is 0 Å². The Kier molecular flexibility index (Phi) is 6.14. The first-order chi connectivity index (χ1) is 12.6. The number of nitrogens with one attached hydrogen (secondary N) is 2. The van der Waals surface area contributed by atoms with Crippen LogP contribution in [0.2, 0.25) is 0 Å². The molecule has 0 spiro atoms. The van der Waals surface area contributed by atoms with Gasteiger partial charge in [0.25, 0.3) is 5.56 Å². The van der Waals surface area contributed by atoms with Crippen LogP contribution < -0.4 is 15.6 Å². The highest BCUT2D eigenvalue weighted by Gasteiger charge is 2.24. The largest absolute Gasteiger partial charge is 0.497 e. The molecule has 3 rings (SSSR count). The Morgan fingerprint density at radius 3 is 2.77 bits per heavy atom. The van der Waals surface area contributed by atoms with Crippen LogP contribution in [0.4, 0.5) is 0 Å². The zero-order chi connectivity index (χ0) is 18.5. The molecule has 6 heteroatoms. The molecule has 0 amide bonds. The van der Waals surface area contributed by atoms with Crippen LogP contribution in [0.5, 0.6) is 5.75 Å². The molecule has 1 aromatic carbocycles. The Morgan fingerprint density at radius 1 is 1.31 bits per heavy atom. The van der Waals surface area contributed by atoms with Crippen LogP contribution >= 0.6 is 12.2 Å². The fraction of sp³-hybridized carbons (Fsp3) is 0.500. The highest BCUT2D eigenvalue weighted by molar-refractivity contribution is 7.80. The van der Waals surface area contributed by atoms with E-state index in [1.54, 1.807) is 7.11 Å². The lowest BCUT2D eigenvalue weighted by atomic mass is 9.94. The van der Waals surface area contributed by atoms with Gasteiger partial charge in [0.05, 0.1) is 13.7 Å². The molecule has 2 aromatic rings. The predicted octanol–water partition coefficient (Wildman–Crippen LogP) is 3.57. The molecule has 0 atom stereocenters. The fourth-order valence-corrected chi connectivity index (χ4v) is 4.03. The zero-order valence-electron chi connectivity index (χ0n) is 15.5. The maximum atomic E-state index is 12.6. The third-order valence-electron chi connectivity index (χ3n) is 5.07. The SMILES string of the molecule is CCNC(=S)N(Cc1cc2cc(OC)ccc2[nH]c1=O)C1CCCCC1. The number of pyridine rings is 1. The Balaban J connectivity index is 1.92. The third-order valence-corrected chi connectivity index (χ3v) is 5.45. The van der Waals surface area contributed by atoms with Gasteiger partial charge in [-0.2, -0.15) is 0 Å².